The Labute approximate surface area is 95.8 Å². The van der Waals surface area contributed by atoms with Crippen molar-refractivity contribution >= 4 is 11.8 Å². The Morgan fingerprint density at radius 3 is 2.93 bits per heavy atom. The Kier molecular flexibility index (Phi) is 3.42. The van der Waals surface area contributed by atoms with Gasteiger partial charge in [0.2, 0.25) is 0 Å². The summed E-state index contributed by atoms with van der Waals surface area (Å²) in [7, 11) is 0. The number of thioether (sulfide) groups is 1. The molecule has 1 N–H and O–H groups in total. The molecule has 15 heavy (non-hydrogen) atoms. The molecule has 2 nitrogen and oxygen atoms in total. The fraction of sp³-hybridized carbons (Fsp3) is 0.667. The molecule has 1 aromatic heterocycles. The van der Waals surface area contributed by atoms with Crippen molar-refractivity contribution < 1.29 is 4.42 Å². The highest BCUT2D eigenvalue weighted by atomic mass is 32.2. The fourth-order valence-electron chi connectivity index (χ4n) is 2.11. The van der Waals surface area contributed by atoms with E-state index in [4.69, 9.17) is 4.42 Å². The first-order chi connectivity index (χ1) is 7.16. The van der Waals surface area contributed by atoms with Gasteiger partial charge in [0.15, 0.2) is 0 Å². The molecular formula is C12H19NOS. The fourth-order valence-corrected chi connectivity index (χ4v) is 3.31. The van der Waals surface area contributed by atoms with E-state index in [9.17, 15) is 0 Å². The summed E-state index contributed by atoms with van der Waals surface area (Å²) in [4.78, 5) is 0. The summed E-state index contributed by atoms with van der Waals surface area (Å²) in [6, 6.07) is 3.25. The van der Waals surface area contributed by atoms with Crippen LogP contribution in [0, 0.1) is 13.8 Å². The van der Waals surface area contributed by atoms with Crippen LogP contribution in [0.1, 0.15) is 36.5 Å². The Balaban J connectivity index is 2.17. The lowest BCUT2D eigenvalue weighted by atomic mass is 10.1. The topological polar surface area (TPSA) is 25.2 Å². The summed E-state index contributed by atoms with van der Waals surface area (Å²) in [5.74, 6) is 4.51. The lowest BCUT2D eigenvalue weighted by Gasteiger charge is -2.18. The molecule has 1 saturated heterocycles. The van der Waals surface area contributed by atoms with Gasteiger partial charge >= 0.3 is 0 Å². The Morgan fingerprint density at radius 1 is 1.47 bits per heavy atom. The highest BCUT2D eigenvalue weighted by molar-refractivity contribution is 7.99. The highest BCUT2D eigenvalue weighted by Crippen LogP contribution is 2.27. The maximum Gasteiger partial charge on any atom is 0.105 e. The van der Waals surface area contributed by atoms with E-state index in [-0.39, 0.29) is 0 Å². The van der Waals surface area contributed by atoms with Crippen LogP contribution in [-0.2, 0) is 0 Å². The summed E-state index contributed by atoms with van der Waals surface area (Å²) in [6.07, 6.45) is 1.26. The predicted molar refractivity (Wildman–Crippen MR) is 65.5 cm³/mol. The number of hydrogen-bond acceptors (Lipinski definition) is 3. The van der Waals surface area contributed by atoms with E-state index in [2.05, 4.69) is 25.2 Å². The van der Waals surface area contributed by atoms with Gasteiger partial charge in [-0.25, -0.2) is 0 Å². The normalized spacial score (nSPS) is 27.7. The van der Waals surface area contributed by atoms with Gasteiger partial charge in [0.1, 0.15) is 11.5 Å². The molecular weight excluding hydrogens is 206 g/mol. The molecule has 0 radical (unpaired) electrons. The molecule has 3 heteroatoms. The molecule has 1 aromatic rings. The van der Waals surface area contributed by atoms with Gasteiger partial charge in [0.05, 0.1) is 0 Å². The molecule has 0 aromatic carbocycles. The number of furan rings is 1. The average molecular weight is 225 g/mol. The van der Waals surface area contributed by atoms with Gasteiger partial charge in [-0.1, -0.05) is 0 Å². The molecule has 0 amide bonds. The third-order valence-corrected chi connectivity index (χ3v) is 4.01. The van der Waals surface area contributed by atoms with E-state index >= 15 is 0 Å². The van der Waals surface area contributed by atoms with Crippen LogP contribution in [0.4, 0.5) is 0 Å². The molecule has 0 bridgehead atoms. The SMILES string of the molecule is Cc1cc(C2CSCCC(C)N2)c(C)o1. The van der Waals surface area contributed by atoms with Crippen molar-refractivity contribution in [3.8, 4) is 0 Å². The van der Waals surface area contributed by atoms with Crippen LogP contribution in [0.15, 0.2) is 10.5 Å². The zero-order valence-corrected chi connectivity index (χ0v) is 10.5. The third-order valence-electron chi connectivity index (χ3n) is 2.92. The molecule has 2 unspecified atom stereocenters. The minimum Gasteiger partial charge on any atom is -0.466 e. The van der Waals surface area contributed by atoms with Gasteiger partial charge < -0.3 is 9.73 Å². The van der Waals surface area contributed by atoms with Gasteiger partial charge in [0, 0.05) is 23.4 Å². The molecule has 2 atom stereocenters. The molecule has 2 rings (SSSR count). The van der Waals surface area contributed by atoms with Crippen molar-refractivity contribution in [1.29, 1.82) is 0 Å². The first kappa shape index (κ1) is 11.1. The molecule has 1 fully saturated rings. The minimum absolute atomic E-state index is 0.463. The summed E-state index contributed by atoms with van der Waals surface area (Å²) in [5.41, 5.74) is 1.34. The van der Waals surface area contributed by atoms with Crippen molar-refractivity contribution in [2.75, 3.05) is 11.5 Å². The van der Waals surface area contributed by atoms with E-state index in [1.807, 2.05) is 18.7 Å². The first-order valence-electron chi connectivity index (χ1n) is 5.57. The Morgan fingerprint density at radius 2 is 2.27 bits per heavy atom. The average Bonchev–Trinajstić information content (AvgIpc) is 2.38. The molecule has 0 saturated carbocycles. The van der Waals surface area contributed by atoms with Crippen LogP contribution in [0.3, 0.4) is 0 Å². The molecule has 0 spiro atoms. The monoisotopic (exact) mass is 225 g/mol. The molecule has 1 aliphatic heterocycles. The van der Waals surface area contributed by atoms with Crippen LogP contribution in [0.25, 0.3) is 0 Å². The number of aryl methyl sites for hydroxylation is 2. The largest absolute Gasteiger partial charge is 0.466 e. The zero-order chi connectivity index (χ0) is 10.8. The lowest BCUT2D eigenvalue weighted by molar-refractivity contribution is 0.465. The van der Waals surface area contributed by atoms with Crippen molar-refractivity contribution in [3.05, 3.63) is 23.2 Å². The van der Waals surface area contributed by atoms with Crippen LogP contribution < -0.4 is 5.32 Å². The second-order valence-electron chi connectivity index (χ2n) is 4.35. The van der Waals surface area contributed by atoms with E-state index in [0.717, 1.165) is 17.3 Å². The Bertz CT molecular complexity index is 334. The summed E-state index contributed by atoms with van der Waals surface area (Å²) in [5, 5.41) is 3.67. The number of rotatable bonds is 1. The maximum absolute atomic E-state index is 5.59. The van der Waals surface area contributed by atoms with Crippen molar-refractivity contribution in [3.63, 3.8) is 0 Å². The van der Waals surface area contributed by atoms with Gasteiger partial charge in [-0.3, -0.25) is 0 Å². The van der Waals surface area contributed by atoms with Gasteiger partial charge in [0.25, 0.3) is 0 Å². The lowest BCUT2D eigenvalue weighted by Crippen LogP contribution is -2.30. The third kappa shape index (κ3) is 2.58. The second-order valence-corrected chi connectivity index (χ2v) is 5.50. The van der Waals surface area contributed by atoms with Gasteiger partial charge in [-0.05, 0) is 39.0 Å². The molecule has 2 heterocycles. The summed E-state index contributed by atoms with van der Waals surface area (Å²) < 4.78 is 5.59. The first-order valence-corrected chi connectivity index (χ1v) is 6.73. The number of hydrogen-bond donors (Lipinski definition) is 1. The number of nitrogens with one attached hydrogen (secondary N) is 1. The highest BCUT2D eigenvalue weighted by Gasteiger charge is 2.21. The van der Waals surface area contributed by atoms with Crippen LogP contribution in [0.2, 0.25) is 0 Å². The smallest absolute Gasteiger partial charge is 0.105 e. The summed E-state index contributed by atoms with van der Waals surface area (Å²) in [6.45, 7) is 6.34. The van der Waals surface area contributed by atoms with Crippen molar-refractivity contribution in [2.24, 2.45) is 0 Å². The zero-order valence-electron chi connectivity index (χ0n) is 9.67. The minimum atomic E-state index is 0.463. The second kappa shape index (κ2) is 4.62. The van der Waals surface area contributed by atoms with Gasteiger partial charge in [-0.15, -0.1) is 0 Å². The van der Waals surface area contributed by atoms with Crippen LogP contribution in [-0.4, -0.2) is 17.5 Å². The quantitative estimate of drug-likeness (QED) is 0.795. The van der Waals surface area contributed by atoms with E-state index in [0.29, 0.717) is 12.1 Å². The van der Waals surface area contributed by atoms with Crippen molar-refractivity contribution in [2.45, 2.75) is 39.3 Å². The summed E-state index contributed by atoms with van der Waals surface area (Å²) >= 11 is 2.04. The molecule has 0 aliphatic carbocycles. The van der Waals surface area contributed by atoms with Gasteiger partial charge in [-0.2, -0.15) is 11.8 Å². The standard InChI is InChI=1S/C12H19NOS/c1-8-4-5-15-7-12(13-8)11-6-9(2)14-10(11)3/h6,8,12-13H,4-5,7H2,1-3H3. The van der Waals surface area contributed by atoms with E-state index in [1.54, 1.807) is 0 Å². The van der Waals surface area contributed by atoms with Crippen LogP contribution >= 0.6 is 11.8 Å². The molecule has 84 valence electrons. The van der Waals surface area contributed by atoms with Crippen LogP contribution in [0.5, 0.6) is 0 Å². The predicted octanol–water partition coefficient (Wildman–Crippen LogP) is 3.05. The van der Waals surface area contributed by atoms with E-state index in [1.165, 1.54) is 17.7 Å². The Hall–Kier alpha value is -0.410. The van der Waals surface area contributed by atoms with Crippen molar-refractivity contribution in [1.82, 2.24) is 5.32 Å². The molecule has 1 aliphatic rings. The van der Waals surface area contributed by atoms with E-state index < -0.39 is 0 Å². The maximum atomic E-state index is 5.59.